The van der Waals surface area contributed by atoms with Crippen LogP contribution >= 0.6 is 11.8 Å². The Morgan fingerprint density at radius 3 is 2.70 bits per heavy atom. The average molecular weight is 334 g/mol. The summed E-state index contributed by atoms with van der Waals surface area (Å²) in [5, 5.41) is 12.0. The molecule has 0 spiro atoms. The predicted octanol–water partition coefficient (Wildman–Crippen LogP) is 3.14. The van der Waals surface area contributed by atoms with E-state index in [2.05, 4.69) is 22.4 Å². The number of aromatic nitrogens is 4. The normalized spacial score (nSPS) is 10.7. The van der Waals surface area contributed by atoms with E-state index < -0.39 is 0 Å². The Kier molecular flexibility index (Phi) is 7.06. The zero-order valence-electron chi connectivity index (χ0n) is 13.6. The first-order valence-electron chi connectivity index (χ1n) is 7.82. The molecule has 0 radical (unpaired) electrons. The third kappa shape index (κ3) is 5.67. The summed E-state index contributed by atoms with van der Waals surface area (Å²) in [5.74, 6) is 1.79. The molecule has 0 saturated heterocycles. The van der Waals surface area contributed by atoms with Gasteiger partial charge in [-0.15, -0.1) is 5.10 Å². The van der Waals surface area contributed by atoms with Gasteiger partial charge in [0.05, 0.1) is 6.61 Å². The number of thioether (sulfide) groups is 1. The van der Waals surface area contributed by atoms with Crippen molar-refractivity contribution < 1.29 is 9.53 Å². The first-order chi connectivity index (χ1) is 11.2. The summed E-state index contributed by atoms with van der Waals surface area (Å²) in [6.45, 7) is 2.85. The number of carbonyl (C=O) groups excluding carboxylic acids is 1. The Labute approximate surface area is 140 Å². The minimum atomic E-state index is 0.154. The third-order valence-corrected chi connectivity index (χ3v) is 4.40. The zero-order chi connectivity index (χ0) is 16.5. The van der Waals surface area contributed by atoms with Gasteiger partial charge in [-0.05, 0) is 47.5 Å². The van der Waals surface area contributed by atoms with Crippen LogP contribution in [0.1, 0.15) is 43.0 Å². The number of aryl methyl sites for hydroxylation is 1. The zero-order valence-corrected chi connectivity index (χ0v) is 14.4. The van der Waals surface area contributed by atoms with Crippen LogP contribution in [0.25, 0.3) is 0 Å². The van der Waals surface area contributed by atoms with Gasteiger partial charge in [0.15, 0.2) is 5.78 Å². The molecule has 2 aromatic rings. The molecule has 2 rings (SSSR count). The number of unbranched alkanes of at least 4 members (excludes halogenated alkanes) is 1. The maximum Gasteiger partial charge on any atom is 0.209 e. The third-order valence-electron chi connectivity index (χ3n) is 3.30. The summed E-state index contributed by atoms with van der Waals surface area (Å²) in [4.78, 5) is 12.1. The predicted molar refractivity (Wildman–Crippen MR) is 89.9 cm³/mol. The summed E-state index contributed by atoms with van der Waals surface area (Å²) in [7, 11) is 1.80. The van der Waals surface area contributed by atoms with Crippen LogP contribution in [0, 0.1) is 0 Å². The molecule has 0 atom stereocenters. The molecule has 0 saturated carbocycles. The van der Waals surface area contributed by atoms with E-state index in [0.717, 1.165) is 48.1 Å². The number of rotatable bonds is 10. The van der Waals surface area contributed by atoms with Gasteiger partial charge in [0.25, 0.3) is 0 Å². The largest absolute Gasteiger partial charge is 0.494 e. The lowest BCUT2D eigenvalue weighted by Crippen LogP contribution is -2.01. The van der Waals surface area contributed by atoms with E-state index in [1.807, 2.05) is 24.3 Å². The van der Waals surface area contributed by atoms with Crippen molar-refractivity contribution in [1.29, 1.82) is 0 Å². The molecular formula is C16H22N4O2S. The van der Waals surface area contributed by atoms with E-state index in [4.69, 9.17) is 4.74 Å². The van der Waals surface area contributed by atoms with Crippen LogP contribution in [0.5, 0.6) is 5.75 Å². The lowest BCUT2D eigenvalue weighted by molar-refractivity contribution is 0.0982. The number of ketones is 1. The molecule has 0 aliphatic rings. The second kappa shape index (κ2) is 9.29. The monoisotopic (exact) mass is 334 g/mol. The van der Waals surface area contributed by atoms with Crippen molar-refractivity contribution in [3.05, 3.63) is 29.8 Å². The fraction of sp³-hybridized carbons (Fsp3) is 0.500. The highest BCUT2D eigenvalue weighted by molar-refractivity contribution is 7.99. The Morgan fingerprint density at radius 2 is 2.04 bits per heavy atom. The first kappa shape index (κ1) is 17.5. The highest BCUT2D eigenvalue weighted by Gasteiger charge is 2.07. The molecule has 7 heteroatoms. The van der Waals surface area contributed by atoms with E-state index >= 15 is 0 Å². The summed E-state index contributed by atoms with van der Waals surface area (Å²) in [5.41, 5.74) is 0.734. The van der Waals surface area contributed by atoms with Gasteiger partial charge >= 0.3 is 0 Å². The van der Waals surface area contributed by atoms with Gasteiger partial charge in [-0.2, -0.15) is 0 Å². The van der Waals surface area contributed by atoms with E-state index in [9.17, 15) is 4.79 Å². The summed E-state index contributed by atoms with van der Waals surface area (Å²) in [6.07, 6.45) is 3.47. The second-order valence-electron chi connectivity index (χ2n) is 5.19. The minimum absolute atomic E-state index is 0.154. The number of hydrogen-bond acceptors (Lipinski definition) is 6. The second-order valence-corrected chi connectivity index (χ2v) is 6.25. The highest BCUT2D eigenvalue weighted by atomic mass is 32.2. The van der Waals surface area contributed by atoms with E-state index in [-0.39, 0.29) is 5.78 Å². The molecule has 23 heavy (non-hydrogen) atoms. The average Bonchev–Trinajstić information content (AvgIpc) is 2.97. The first-order valence-corrected chi connectivity index (χ1v) is 8.80. The Hall–Kier alpha value is -1.89. The topological polar surface area (TPSA) is 69.9 Å². The van der Waals surface area contributed by atoms with Crippen molar-refractivity contribution in [3.63, 3.8) is 0 Å². The molecule has 0 unspecified atom stereocenters. The van der Waals surface area contributed by atoms with Gasteiger partial charge in [-0.25, -0.2) is 4.68 Å². The van der Waals surface area contributed by atoms with Crippen LogP contribution in [0.2, 0.25) is 0 Å². The summed E-state index contributed by atoms with van der Waals surface area (Å²) >= 11 is 1.56. The van der Waals surface area contributed by atoms with Crippen LogP contribution in [-0.2, 0) is 7.05 Å². The maximum absolute atomic E-state index is 12.1. The lowest BCUT2D eigenvalue weighted by atomic mass is 10.1. The van der Waals surface area contributed by atoms with Gasteiger partial charge in [-0.3, -0.25) is 4.79 Å². The van der Waals surface area contributed by atoms with E-state index in [1.54, 1.807) is 23.5 Å². The molecular weight excluding hydrogens is 312 g/mol. The van der Waals surface area contributed by atoms with Crippen molar-refractivity contribution in [3.8, 4) is 5.75 Å². The minimum Gasteiger partial charge on any atom is -0.494 e. The Balaban J connectivity index is 1.71. The van der Waals surface area contributed by atoms with Crippen LogP contribution in [0.3, 0.4) is 0 Å². The molecule has 0 aliphatic carbocycles. The molecule has 6 nitrogen and oxygen atoms in total. The maximum atomic E-state index is 12.1. The molecule has 0 aliphatic heterocycles. The quantitative estimate of drug-likeness (QED) is 0.378. The summed E-state index contributed by atoms with van der Waals surface area (Å²) in [6, 6.07) is 7.40. The van der Waals surface area contributed by atoms with Crippen molar-refractivity contribution in [2.75, 3.05) is 12.4 Å². The lowest BCUT2D eigenvalue weighted by Gasteiger charge is -2.06. The number of tetrazole rings is 1. The fourth-order valence-electron chi connectivity index (χ4n) is 1.96. The van der Waals surface area contributed by atoms with Crippen molar-refractivity contribution in [1.82, 2.24) is 20.2 Å². The SMILES string of the molecule is CCCCOc1ccc(C(=O)CCCSc2nnnn2C)cc1. The van der Waals surface area contributed by atoms with Crippen LogP contribution in [0.4, 0.5) is 0 Å². The molecule has 1 aromatic carbocycles. The standard InChI is InChI=1S/C16H22N4O2S/c1-3-4-11-22-14-9-7-13(8-10-14)15(21)6-5-12-23-16-17-18-19-20(16)2/h7-10H,3-6,11-12H2,1-2H3. The van der Waals surface area contributed by atoms with Crippen LogP contribution in [0.15, 0.2) is 29.4 Å². The fourth-order valence-corrected chi connectivity index (χ4v) is 2.74. The molecule has 0 fully saturated rings. The van der Waals surface area contributed by atoms with Crippen molar-refractivity contribution in [2.45, 2.75) is 37.8 Å². The van der Waals surface area contributed by atoms with Crippen LogP contribution < -0.4 is 4.74 Å². The van der Waals surface area contributed by atoms with E-state index in [0.29, 0.717) is 6.42 Å². The number of nitrogens with zero attached hydrogens (tertiary/aromatic N) is 4. The Morgan fingerprint density at radius 1 is 1.26 bits per heavy atom. The Bertz CT molecular complexity index is 613. The number of ether oxygens (including phenoxy) is 1. The number of hydrogen-bond donors (Lipinski definition) is 0. The van der Waals surface area contributed by atoms with Gasteiger partial charge < -0.3 is 4.74 Å². The molecule has 1 aromatic heterocycles. The number of benzene rings is 1. The van der Waals surface area contributed by atoms with Gasteiger partial charge in [0.2, 0.25) is 5.16 Å². The smallest absolute Gasteiger partial charge is 0.209 e. The molecule has 0 amide bonds. The highest BCUT2D eigenvalue weighted by Crippen LogP contribution is 2.17. The van der Waals surface area contributed by atoms with Crippen molar-refractivity contribution in [2.24, 2.45) is 7.05 Å². The van der Waals surface area contributed by atoms with E-state index in [1.165, 1.54) is 0 Å². The van der Waals surface area contributed by atoms with Crippen LogP contribution in [-0.4, -0.2) is 38.4 Å². The number of carbonyl (C=O) groups is 1. The van der Waals surface area contributed by atoms with Crippen molar-refractivity contribution >= 4 is 17.5 Å². The molecule has 0 N–H and O–H groups in total. The van der Waals surface area contributed by atoms with Gasteiger partial charge in [0, 0.05) is 24.8 Å². The summed E-state index contributed by atoms with van der Waals surface area (Å²) < 4.78 is 7.23. The molecule has 1 heterocycles. The van der Waals surface area contributed by atoms with Gasteiger partial charge in [-0.1, -0.05) is 25.1 Å². The van der Waals surface area contributed by atoms with Gasteiger partial charge in [0.1, 0.15) is 5.75 Å². The molecule has 0 bridgehead atoms. The number of Topliss-reactive ketones (excluding diaryl/α,β-unsaturated/α-hetero) is 1. The molecule has 124 valence electrons.